The van der Waals surface area contributed by atoms with Crippen molar-refractivity contribution in [2.45, 2.75) is 32.0 Å². The molecule has 2 aromatic rings. The molecule has 1 saturated heterocycles. The number of nitrogens with zero attached hydrogens (tertiary/aromatic N) is 1. The van der Waals surface area contributed by atoms with Crippen LogP contribution in [0.1, 0.15) is 17.5 Å². The van der Waals surface area contributed by atoms with Gasteiger partial charge in [0, 0.05) is 24.2 Å². The standard InChI is InChI=1S/C21H25ClFNO4S/c1-15-10-20(6-7-21(15)22)28-13-19(25)12-24(18-8-9-29(26,27)14-18)11-16-2-4-17(23)5-3-16/h2-7,10,18-19,25H,8-9,11-14H2,1H3. The van der Waals surface area contributed by atoms with Crippen molar-refractivity contribution in [1.29, 1.82) is 0 Å². The molecule has 2 atom stereocenters. The molecule has 1 N–H and O–H groups in total. The third-order valence-corrected chi connectivity index (χ3v) is 7.22. The first kappa shape index (κ1) is 22.0. The fourth-order valence-corrected chi connectivity index (χ4v) is 5.33. The van der Waals surface area contributed by atoms with Gasteiger partial charge in [-0.05, 0) is 54.8 Å². The average Bonchev–Trinajstić information content (AvgIpc) is 3.04. The summed E-state index contributed by atoms with van der Waals surface area (Å²) in [6.07, 6.45) is -0.289. The number of aliphatic hydroxyl groups is 1. The van der Waals surface area contributed by atoms with Gasteiger partial charge in [-0.2, -0.15) is 0 Å². The maximum atomic E-state index is 13.2. The molecule has 0 radical (unpaired) electrons. The molecule has 158 valence electrons. The van der Waals surface area contributed by atoms with Crippen LogP contribution in [0.3, 0.4) is 0 Å². The summed E-state index contributed by atoms with van der Waals surface area (Å²) in [4.78, 5) is 1.94. The molecule has 0 saturated carbocycles. The molecule has 1 aliphatic rings. The molecule has 8 heteroatoms. The van der Waals surface area contributed by atoms with Crippen molar-refractivity contribution >= 4 is 21.4 Å². The normalized spacial score (nSPS) is 19.4. The molecule has 29 heavy (non-hydrogen) atoms. The Morgan fingerprint density at radius 2 is 2.00 bits per heavy atom. The van der Waals surface area contributed by atoms with E-state index < -0.39 is 15.9 Å². The smallest absolute Gasteiger partial charge is 0.151 e. The Labute approximate surface area is 176 Å². The van der Waals surface area contributed by atoms with E-state index in [0.717, 1.165) is 11.1 Å². The van der Waals surface area contributed by atoms with Crippen LogP contribution < -0.4 is 4.74 Å². The van der Waals surface area contributed by atoms with E-state index in [2.05, 4.69) is 0 Å². The Morgan fingerprint density at radius 3 is 2.62 bits per heavy atom. The van der Waals surface area contributed by atoms with E-state index in [1.165, 1.54) is 12.1 Å². The lowest BCUT2D eigenvalue weighted by Gasteiger charge is -2.30. The van der Waals surface area contributed by atoms with E-state index in [1.807, 2.05) is 11.8 Å². The summed E-state index contributed by atoms with van der Waals surface area (Å²) in [5.41, 5.74) is 1.74. The van der Waals surface area contributed by atoms with Gasteiger partial charge in [0.15, 0.2) is 9.84 Å². The number of aliphatic hydroxyl groups excluding tert-OH is 1. The Morgan fingerprint density at radius 1 is 1.28 bits per heavy atom. The third-order valence-electron chi connectivity index (χ3n) is 5.04. The Balaban J connectivity index is 1.64. The van der Waals surface area contributed by atoms with E-state index in [4.69, 9.17) is 16.3 Å². The topological polar surface area (TPSA) is 66.8 Å². The number of rotatable bonds is 8. The molecule has 2 unspecified atom stereocenters. The maximum Gasteiger partial charge on any atom is 0.151 e. The minimum atomic E-state index is -3.07. The molecule has 0 bridgehead atoms. The molecule has 1 aliphatic heterocycles. The predicted octanol–water partition coefficient (Wildman–Crippen LogP) is 3.22. The first-order valence-electron chi connectivity index (χ1n) is 9.48. The van der Waals surface area contributed by atoms with Crippen LogP contribution in [0.5, 0.6) is 5.75 Å². The van der Waals surface area contributed by atoms with Gasteiger partial charge in [0.05, 0.1) is 11.5 Å². The van der Waals surface area contributed by atoms with Gasteiger partial charge >= 0.3 is 0 Å². The number of sulfone groups is 1. The molecule has 1 fully saturated rings. The summed E-state index contributed by atoms with van der Waals surface area (Å²) in [5.74, 6) is 0.502. The van der Waals surface area contributed by atoms with Crippen LogP contribution in [0.2, 0.25) is 5.02 Å². The molecule has 5 nitrogen and oxygen atoms in total. The minimum absolute atomic E-state index is 0.0676. The fourth-order valence-electron chi connectivity index (χ4n) is 3.45. The van der Waals surface area contributed by atoms with Gasteiger partial charge in [-0.15, -0.1) is 0 Å². The molecule has 0 aliphatic carbocycles. The SMILES string of the molecule is Cc1cc(OCC(O)CN(Cc2ccc(F)cc2)C2CCS(=O)(=O)C2)ccc1Cl. The molecule has 3 rings (SSSR count). The zero-order valence-corrected chi connectivity index (χ0v) is 17.8. The van der Waals surface area contributed by atoms with Crippen molar-refractivity contribution < 1.29 is 22.7 Å². The summed E-state index contributed by atoms with van der Waals surface area (Å²) in [7, 11) is -3.07. The van der Waals surface area contributed by atoms with Crippen molar-refractivity contribution in [2.75, 3.05) is 24.7 Å². The summed E-state index contributed by atoms with van der Waals surface area (Å²) in [5, 5.41) is 11.2. The van der Waals surface area contributed by atoms with Gasteiger partial charge in [-0.25, -0.2) is 12.8 Å². The van der Waals surface area contributed by atoms with Gasteiger partial charge in [0.2, 0.25) is 0 Å². The van der Waals surface area contributed by atoms with Gasteiger partial charge in [-0.3, -0.25) is 4.90 Å². The first-order chi connectivity index (χ1) is 13.7. The van der Waals surface area contributed by atoms with Crippen LogP contribution in [-0.4, -0.2) is 55.2 Å². The Kier molecular flexibility index (Phi) is 7.16. The van der Waals surface area contributed by atoms with Crippen molar-refractivity contribution in [3.63, 3.8) is 0 Å². The number of ether oxygens (including phenoxy) is 1. The van der Waals surface area contributed by atoms with Crippen molar-refractivity contribution in [1.82, 2.24) is 4.90 Å². The highest BCUT2D eigenvalue weighted by Gasteiger charge is 2.33. The van der Waals surface area contributed by atoms with E-state index in [-0.39, 0.29) is 36.5 Å². The number of halogens is 2. The summed E-state index contributed by atoms with van der Waals surface area (Å²) >= 11 is 6.01. The lowest BCUT2D eigenvalue weighted by molar-refractivity contribution is 0.0524. The molecular weight excluding hydrogens is 417 g/mol. The first-order valence-corrected chi connectivity index (χ1v) is 11.7. The minimum Gasteiger partial charge on any atom is -0.491 e. The summed E-state index contributed by atoms with van der Waals surface area (Å²) in [6.45, 7) is 2.62. The predicted molar refractivity (Wildman–Crippen MR) is 112 cm³/mol. The number of aryl methyl sites for hydroxylation is 1. The molecule has 2 aromatic carbocycles. The van der Waals surface area contributed by atoms with Gasteiger partial charge < -0.3 is 9.84 Å². The van der Waals surface area contributed by atoms with Crippen LogP contribution in [0.25, 0.3) is 0 Å². The fraction of sp³-hybridized carbons (Fsp3) is 0.429. The lowest BCUT2D eigenvalue weighted by Crippen LogP contribution is -2.42. The van der Waals surface area contributed by atoms with Crippen LogP contribution >= 0.6 is 11.6 Å². The molecule has 0 spiro atoms. The number of benzene rings is 2. The number of hydrogen-bond acceptors (Lipinski definition) is 5. The second-order valence-corrected chi connectivity index (χ2v) is 10.1. The van der Waals surface area contributed by atoms with Crippen LogP contribution in [0.15, 0.2) is 42.5 Å². The zero-order chi connectivity index (χ0) is 21.0. The Bertz CT molecular complexity index is 936. The zero-order valence-electron chi connectivity index (χ0n) is 16.2. The van der Waals surface area contributed by atoms with Crippen LogP contribution in [0.4, 0.5) is 4.39 Å². The third kappa shape index (κ3) is 6.40. The van der Waals surface area contributed by atoms with E-state index in [1.54, 1.807) is 30.3 Å². The van der Waals surface area contributed by atoms with E-state index in [0.29, 0.717) is 23.7 Å². The van der Waals surface area contributed by atoms with Crippen molar-refractivity contribution in [2.24, 2.45) is 0 Å². The molecule has 1 heterocycles. The quantitative estimate of drug-likeness (QED) is 0.681. The monoisotopic (exact) mass is 441 g/mol. The largest absolute Gasteiger partial charge is 0.491 e. The second kappa shape index (κ2) is 9.43. The average molecular weight is 442 g/mol. The van der Waals surface area contributed by atoms with Crippen molar-refractivity contribution in [3.8, 4) is 5.75 Å². The summed E-state index contributed by atoms with van der Waals surface area (Å²) < 4.78 is 42.7. The second-order valence-electron chi connectivity index (χ2n) is 7.49. The highest BCUT2D eigenvalue weighted by Crippen LogP contribution is 2.23. The van der Waals surface area contributed by atoms with Crippen LogP contribution in [0, 0.1) is 12.7 Å². The number of hydrogen-bond donors (Lipinski definition) is 1. The van der Waals surface area contributed by atoms with E-state index in [9.17, 15) is 17.9 Å². The molecular formula is C21H25ClFNO4S. The van der Waals surface area contributed by atoms with Gasteiger partial charge in [0.25, 0.3) is 0 Å². The molecule has 0 aromatic heterocycles. The highest BCUT2D eigenvalue weighted by atomic mass is 35.5. The Hall–Kier alpha value is -1.67. The van der Waals surface area contributed by atoms with Gasteiger partial charge in [-0.1, -0.05) is 23.7 Å². The highest BCUT2D eigenvalue weighted by molar-refractivity contribution is 7.91. The maximum absolute atomic E-state index is 13.2. The van der Waals surface area contributed by atoms with Crippen molar-refractivity contribution in [3.05, 3.63) is 64.4 Å². The summed E-state index contributed by atoms with van der Waals surface area (Å²) in [6, 6.07) is 11.2. The molecule has 0 amide bonds. The van der Waals surface area contributed by atoms with E-state index >= 15 is 0 Å². The lowest BCUT2D eigenvalue weighted by atomic mass is 10.1. The van der Waals surface area contributed by atoms with Gasteiger partial charge in [0.1, 0.15) is 24.3 Å². The van der Waals surface area contributed by atoms with Crippen LogP contribution in [-0.2, 0) is 16.4 Å².